The number of thioether (sulfide) groups is 1. The maximum atomic E-state index is 13.9. The van der Waals surface area contributed by atoms with Crippen LogP contribution in [0.2, 0.25) is 0 Å². The zero-order valence-electron chi connectivity index (χ0n) is 12.4. The highest BCUT2D eigenvalue weighted by Gasteiger charge is 2.28. The van der Waals surface area contributed by atoms with Crippen molar-refractivity contribution in [1.29, 1.82) is 0 Å². The van der Waals surface area contributed by atoms with E-state index in [0.717, 1.165) is 0 Å². The van der Waals surface area contributed by atoms with Crippen LogP contribution < -0.4 is 15.0 Å². The number of para-hydroxylation sites is 1. The van der Waals surface area contributed by atoms with E-state index in [2.05, 4.69) is 10.3 Å². The van der Waals surface area contributed by atoms with Crippen molar-refractivity contribution < 1.29 is 18.7 Å². The lowest BCUT2D eigenvalue weighted by atomic mass is 10.1. The molecule has 2 amide bonds. The summed E-state index contributed by atoms with van der Waals surface area (Å²) in [7, 11) is 0. The van der Waals surface area contributed by atoms with Gasteiger partial charge >= 0.3 is 0 Å². The van der Waals surface area contributed by atoms with Gasteiger partial charge in [-0.05, 0) is 18.2 Å². The van der Waals surface area contributed by atoms with Gasteiger partial charge in [0, 0.05) is 6.20 Å². The number of carbonyl (C=O) groups excluding carboxylic acids is 2. The van der Waals surface area contributed by atoms with Gasteiger partial charge in [-0.3, -0.25) is 9.59 Å². The molecule has 0 spiro atoms. The second-order valence-electron chi connectivity index (χ2n) is 5.31. The number of carbonyl (C=O) groups is 2. The molecule has 0 unspecified atom stereocenters. The number of hydrogen-bond donors (Lipinski definition) is 1. The summed E-state index contributed by atoms with van der Waals surface area (Å²) < 4.78 is 19.2. The van der Waals surface area contributed by atoms with E-state index in [1.54, 1.807) is 12.1 Å². The molecule has 122 valence electrons. The summed E-state index contributed by atoms with van der Waals surface area (Å²) in [4.78, 5) is 30.0. The minimum absolute atomic E-state index is 0.0758. The Labute approximate surface area is 141 Å². The number of fused-ring (bicyclic) bond motifs is 2. The number of anilines is 2. The van der Waals surface area contributed by atoms with Gasteiger partial charge in [0.1, 0.15) is 11.6 Å². The molecule has 2 aliphatic heterocycles. The molecular weight excluding hydrogens is 333 g/mol. The molecule has 4 rings (SSSR count). The standard InChI is InChI=1S/C16H12FN3O3S/c17-10-2-1-3-12-14(10)23-5-4-20(12)16(22)9-6-11-15(18-7-9)24-8-13(21)19-11/h1-3,6-7H,4-5,8H2,(H,19,21). The maximum Gasteiger partial charge on any atom is 0.260 e. The molecule has 0 saturated carbocycles. The Morgan fingerprint density at radius 3 is 3.17 bits per heavy atom. The lowest BCUT2D eigenvalue weighted by Gasteiger charge is -2.29. The molecule has 2 aromatic rings. The highest BCUT2D eigenvalue weighted by atomic mass is 32.2. The van der Waals surface area contributed by atoms with Gasteiger partial charge in [-0.25, -0.2) is 9.37 Å². The van der Waals surface area contributed by atoms with E-state index in [1.165, 1.54) is 35.0 Å². The Hall–Kier alpha value is -2.61. The lowest BCUT2D eigenvalue weighted by molar-refractivity contribution is -0.113. The fourth-order valence-corrected chi connectivity index (χ4v) is 3.41. The van der Waals surface area contributed by atoms with Crippen LogP contribution in [0.5, 0.6) is 5.75 Å². The van der Waals surface area contributed by atoms with Gasteiger partial charge in [-0.2, -0.15) is 0 Å². The molecule has 1 N–H and O–H groups in total. The van der Waals surface area contributed by atoms with Gasteiger partial charge in [0.15, 0.2) is 11.6 Å². The summed E-state index contributed by atoms with van der Waals surface area (Å²) in [6.45, 7) is 0.526. The first-order valence-electron chi connectivity index (χ1n) is 7.29. The first kappa shape index (κ1) is 14.9. The van der Waals surface area contributed by atoms with Crippen LogP contribution in [-0.4, -0.2) is 35.7 Å². The smallest absolute Gasteiger partial charge is 0.260 e. The van der Waals surface area contributed by atoms with E-state index >= 15 is 0 Å². The van der Waals surface area contributed by atoms with E-state index in [4.69, 9.17) is 4.74 Å². The number of aromatic nitrogens is 1. The third kappa shape index (κ3) is 2.48. The summed E-state index contributed by atoms with van der Waals surface area (Å²) >= 11 is 1.33. The number of pyridine rings is 1. The molecule has 0 aliphatic carbocycles. The summed E-state index contributed by atoms with van der Waals surface area (Å²) in [5.74, 6) is -0.560. The molecule has 2 aliphatic rings. The van der Waals surface area contributed by atoms with Crippen LogP contribution in [0.1, 0.15) is 10.4 Å². The van der Waals surface area contributed by atoms with Crippen molar-refractivity contribution >= 4 is 35.0 Å². The molecule has 6 nitrogen and oxygen atoms in total. The number of halogens is 1. The number of nitrogens with one attached hydrogen (secondary N) is 1. The van der Waals surface area contributed by atoms with Crippen molar-refractivity contribution in [3.63, 3.8) is 0 Å². The van der Waals surface area contributed by atoms with E-state index in [0.29, 0.717) is 34.3 Å². The van der Waals surface area contributed by atoms with Gasteiger partial charge in [0.2, 0.25) is 5.91 Å². The molecular formula is C16H12FN3O3S. The predicted octanol–water partition coefficient (Wildman–Crippen LogP) is 2.30. The Bertz CT molecular complexity index is 858. The predicted molar refractivity (Wildman–Crippen MR) is 87.2 cm³/mol. The topological polar surface area (TPSA) is 71.5 Å². The molecule has 24 heavy (non-hydrogen) atoms. The number of benzene rings is 1. The van der Waals surface area contributed by atoms with Crippen LogP contribution in [-0.2, 0) is 4.79 Å². The fourth-order valence-electron chi connectivity index (χ4n) is 2.67. The first-order valence-corrected chi connectivity index (χ1v) is 8.28. The second-order valence-corrected chi connectivity index (χ2v) is 6.27. The quantitative estimate of drug-likeness (QED) is 0.859. The van der Waals surface area contributed by atoms with Crippen molar-refractivity contribution in [1.82, 2.24) is 4.98 Å². The normalized spacial score (nSPS) is 15.9. The SMILES string of the molecule is O=C1CSc2ncc(C(=O)N3CCOc4c(F)cccc43)cc2N1. The Morgan fingerprint density at radius 2 is 2.29 bits per heavy atom. The molecule has 0 saturated heterocycles. The van der Waals surface area contributed by atoms with Crippen LogP contribution in [0, 0.1) is 5.82 Å². The van der Waals surface area contributed by atoms with Crippen LogP contribution in [0.3, 0.4) is 0 Å². The zero-order valence-corrected chi connectivity index (χ0v) is 13.2. The molecule has 3 heterocycles. The Kier molecular flexibility index (Phi) is 3.61. The Balaban J connectivity index is 1.69. The molecule has 1 aromatic carbocycles. The molecule has 0 bridgehead atoms. The maximum absolute atomic E-state index is 13.9. The lowest BCUT2D eigenvalue weighted by Crippen LogP contribution is -2.38. The van der Waals surface area contributed by atoms with Gasteiger partial charge < -0.3 is 15.0 Å². The molecule has 8 heteroatoms. The van der Waals surface area contributed by atoms with E-state index in [-0.39, 0.29) is 24.2 Å². The molecule has 1 aromatic heterocycles. The van der Waals surface area contributed by atoms with E-state index in [9.17, 15) is 14.0 Å². The van der Waals surface area contributed by atoms with Crippen molar-refractivity contribution in [2.75, 3.05) is 29.1 Å². The van der Waals surface area contributed by atoms with Gasteiger partial charge in [-0.1, -0.05) is 17.8 Å². The summed E-state index contributed by atoms with van der Waals surface area (Å²) in [5, 5.41) is 3.39. The molecule has 0 atom stereocenters. The largest absolute Gasteiger partial charge is 0.486 e. The highest BCUT2D eigenvalue weighted by Crippen LogP contribution is 2.35. The Morgan fingerprint density at radius 1 is 1.42 bits per heavy atom. The van der Waals surface area contributed by atoms with Crippen LogP contribution in [0.15, 0.2) is 35.5 Å². The van der Waals surface area contributed by atoms with Crippen molar-refractivity contribution in [2.24, 2.45) is 0 Å². The fraction of sp³-hybridized carbons (Fsp3) is 0.188. The third-order valence-electron chi connectivity index (χ3n) is 3.76. The average Bonchev–Trinajstić information content (AvgIpc) is 2.60. The number of rotatable bonds is 1. The number of nitrogens with zero attached hydrogens (tertiary/aromatic N) is 2. The van der Waals surface area contributed by atoms with Crippen molar-refractivity contribution in [3.05, 3.63) is 41.8 Å². The van der Waals surface area contributed by atoms with Gasteiger partial charge in [0.25, 0.3) is 5.91 Å². The highest BCUT2D eigenvalue weighted by molar-refractivity contribution is 8.00. The summed E-state index contributed by atoms with van der Waals surface area (Å²) in [5.41, 5.74) is 1.24. The van der Waals surface area contributed by atoms with Gasteiger partial charge in [0.05, 0.1) is 29.2 Å². The minimum Gasteiger partial charge on any atom is -0.486 e. The van der Waals surface area contributed by atoms with Gasteiger partial charge in [-0.15, -0.1) is 0 Å². The van der Waals surface area contributed by atoms with Crippen molar-refractivity contribution in [2.45, 2.75) is 5.03 Å². The van der Waals surface area contributed by atoms with Crippen LogP contribution >= 0.6 is 11.8 Å². The van der Waals surface area contributed by atoms with E-state index < -0.39 is 5.82 Å². The molecule has 0 fully saturated rings. The summed E-state index contributed by atoms with van der Waals surface area (Å²) in [6.07, 6.45) is 1.47. The minimum atomic E-state index is -0.503. The molecule has 0 radical (unpaired) electrons. The number of hydrogen-bond acceptors (Lipinski definition) is 5. The number of amides is 2. The first-order chi connectivity index (χ1) is 11.6. The van der Waals surface area contributed by atoms with E-state index in [1.807, 2.05) is 0 Å². The van der Waals surface area contributed by atoms with Crippen LogP contribution in [0.25, 0.3) is 0 Å². The average molecular weight is 345 g/mol. The monoisotopic (exact) mass is 345 g/mol. The third-order valence-corrected chi connectivity index (χ3v) is 4.76. The van der Waals surface area contributed by atoms with Crippen LogP contribution in [0.4, 0.5) is 15.8 Å². The van der Waals surface area contributed by atoms with Crippen molar-refractivity contribution in [3.8, 4) is 5.75 Å². The number of ether oxygens (including phenoxy) is 1. The second kappa shape index (κ2) is 5.79. The summed E-state index contributed by atoms with van der Waals surface area (Å²) in [6, 6.07) is 6.06. The zero-order chi connectivity index (χ0) is 16.7.